The van der Waals surface area contributed by atoms with Crippen LogP contribution in [0.15, 0.2) is 0 Å². The molecule has 0 aromatic rings. The average Bonchev–Trinajstić information content (AvgIpc) is 2.68. The van der Waals surface area contributed by atoms with Gasteiger partial charge in [0, 0.05) is 38.7 Å². The highest BCUT2D eigenvalue weighted by Crippen LogP contribution is 2.14. The number of rotatable bonds is 4. The van der Waals surface area contributed by atoms with Crippen molar-refractivity contribution in [2.75, 3.05) is 51.8 Å². The molecule has 0 aromatic carbocycles. The molecule has 1 unspecified atom stereocenters. The van der Waals surface area contributed by atoms with Crippen molar-refractivity contribution < 1.29 is 4.74 Å². The first-order valence-electron chi connectivity index (χ1n) is 6.51. The molecule has 2 saturated heterocycles. The van der Waals surface area contributed by atoms with Gasteiger partial charge in [0.25, 0.3) is 0 Å². The van der Waals surface area contributed by atoms with Gasteiger partial charge in [-0.05, 0) is 32.4 Å². The van der Waals surface area contributed by atoms with Crippen molar-refractivity contribution >= 4 is 11.6 Å². The predicted molar refractivity (Wildman–Crippen MR) is 67.2 cm³/mol. The second-order valence-corrected chi connectivity index (χ2v) is 5.20. The lowest BCUT2D eigenvalue weighted by Gasteiger charge is -2.23. The summed E-state index contributed by atoms with van der Waals surface area (Å²) in [6, 6.07) is 0. The summed E-state index contributed by atoms with van der Waals surface area (Å²) >= 11 is 5.79. The summed E-state index contributed by atoms with van der Waals surface area (Å²) in [5, 5.41) is 0. The van der Waals surface area contributed by atoms with E-state index in [1.54, 1.807) is 0 Å². The van der Waals surface area contributed by atoms with Crippen molar-refractivity contribution in [2.45, 2.75) is 25.4 Å². The second kappa shape index (κ2) is 6.80. The van der Waals surface area contributed by atoms with Gasteiger partial charge in [0.1, 0.15) is 0 Å². The van der Waals surface area contributed by atoms with E-state index in [0.717, 1.165) is 25.6 Å². The standard InChI is InChI=1S/C12H23ClN2O/c13-4-7-14-5-2-6-15(9-8-14)11-12-3-1-10-16-12/h12H,1-11H2. The lowest BCUT2D eigenvalue weighted by atomic mass is 10.2. The van der Waals surface area contributed by atoms with Crippen molar-refractivity contribution in [3.63, 3.8) is 0 Å². The minimum Gasteiger partial charge on any atom is -0.377 e. The Labute approximate surface area is 104 Å². The molecule has 0 bridgehead atoms. The number of alkyl halides is 1. The van der Waals surface area contributed by atoms with E-state index in [-0.39, 0.29) is 0 Å². The molecule has 16 heavy (non-hydrogen) atoms. The molecule has 0 saturated carbocycles. The molecule has 2 heterocycles. The largest absolute Gasteiger partial charge is 0.377 e. The molecule has 2 fully saturated rings. The fourth-order valence-corrected chi connectivity index (χ4v) is 2.87. The molecule has 0 spiro atoms. The van der Waals surface area contributed by atoms with E-state index in [0.29, 0.717) is 6.10 Å². The SMILES string of the molecule is ClCCN1CCCN(CC2CCCO2)CC1. The van der Waals surface area contributed by atoms with Gasteiger partial charge in [0.2, 0.25) is 0 Å². The Bertz CT molecular complexity index is 197. The third kappa shape index (κ3) is 3.88. The van der Waals surface area contributed by atoms with Gasteiger partial charge in [0.15, 0.2) is 0 Å². The monoisotopic (exact) mass is 246 g/mol. The molecule has 1 atom stereocenters. The van der Waals surface area contributed by atoms with Crippen LogP contribution in [0.2, 0.25) is 0 Å². The van der Waals surface area contributed by atoms with Crippen molar-refractivity contribution in [1.82, 2.24) is 9.80 Å². The Hall–Kier alpha value is 0.170. The molecule has 94 valence electrons. The van der Waals surface area contributed by atoms with Crippen LogP contribution in [0.5, 0.6) is 0 Å². The number of hydrogen-bond acceptors (Lipinski definition) is 3. The second-order valence-electron chi connectivity index (χ2n) is 4.82. The zero-order chi connectivity index (χ0) is 11.2. The third-order valence-corrected chi connectivity index (χ3v) is 3.74. The van der Waals surface area contributed by atoms with Crippen LogP contribution < -0.4 is 0 Å². The first kappa shape index (κ1) is 12.6. The maximum absolute atomic E-state index is 5.79. The van der Waals surface area contributed by atoms with Crippen molar-refractivity contribution in [1.29, 1.82) is 0 Å². The summed E-state index contributed by atoms with van der Waals surface area (Å²) in [7, 11) is 0. The molecule has 0 aliphatic carbocycles. The topological polar surface area (TPSA) is 15.7 Å². The highest BCUT2D eigenvalue weighted by atomic mass is 35.5. The minimum absolute atomic E-state index is 0.500. The fraction of sp³-hybridized carbons (Fsp3) is 1.00. The number of hydrogen-bond donors (Lipinski definition) is 0. The summed E-state index contributed by atoms with van der Waals surface area (Å²) < 4.78 is 5.69. The van der Waals surface area contributed by atoms with Gasteiger partial charge in [-0.25, -0.2) is 0 Å². The number of nitrogens with zero attached hydrogens (tertiary/aromatic N) is 2. The van der Waals surface area contributed by atoms with Gasteiger partial charge in [-0.1, -0.05) is 0 Å². The first-order chi connectivity index (χ1) is 7.88. The van der Waals surface area contributed by atoms with Crippen LogP contribution in [0.4, 0.5) is 0 Å². The first-order valence-corrected chi connectivity index (χ1v) is 7.04. The molecular weight excluding hydrogens is 224 g/mol. The molecule has 3 nitrogen and oxygen atoms in total. The van der Waals surface area contributed by atoms with E-state index in [9.17, 15) is 0 Å². The number of ether oxygens (including phenoxy) is 1. The quantitative estimate of drug-likeness (QED) is 0.698. The Balaban J connectivity index is 1.70. The Morgan fingerprint density at radius 3 is 2.62 bits per heavy atom. The predicted octanol–water partition coefficient (Wildman–Crippen LogP) is 1.41. The highest BCUT2D eigenvalue weighted by Gasteiger charge is 2.21. The average molecular weight is 247 g/mol. The zero-order valence-electron chi connectivity index (χ0n) is 10.0. The van der Waals surface area contributed by atoms with Gasteiger partial charge < -0.3 is 9.64 Å². The van der Waals surface area contributed by atoms with Crippen molar-refractivity contribution in [2.24, 2.45) is 0 Å². The molecule has 2 rings (SSSR count). The van der Waals surface area contributed by atoms with E-state index < -0.39 is 0 Å². The summed E-state index contributed by atoms with van der Waals surface area (Å²) in [5.74, 6) is 0.756. The van der Waals surface area contributed by atoms with Crippen LogP contribution in [-0.4, -0.2) is 67.7 Å². The number of halogens is 1. The molecular formula is C12H23ClN2O. The Kier molecular flexibility index (Phi) is 5.36. The van der Waals surface area contributed by atoms with Crippen LogP contribution in [0.1, 0.15) is 19.3 Å². The van der Waals surface area contributed by atoms with Crippen molar-refractivity contribution in [3.05, 3.63) is 0 Å². The smallest absolute Gasteiger partial charge is 0.0702 e. The van der Waals surface area contributed by atoms with Gasteiger partial charge in [-0.3, -0.25) is 4.90 Å². The fourth-order valence-electron chi connectivity index (χ4n) is 2.63. The van der Waals surface area contributed by atoms with Crippen LogP contribution in [0.3, 0.4) is 0 Å². The van der Waals surface area contributed by atoms with Crippen LogP contribution >= 0.6 is 11.6 Å². The molecule has 0 N–H and O–H groups in total. The Morgan fingerprint density at radius 2 is 1.88 bits per heavy atom. The van der Waals surface area contributed by atoms with Crippen LogP contribution in [-0.2, 0) is 4.74 Å². The molecule has 2 aliphatic heterocycles. The minimum atomic E-state index is 0.500. The summed E-state index contributed by atoms with van der Waals surface area (Å²) in [5.41, 5.74) is 0. The van der Waals surface area contributed by atoms with Gasteiger partial charge in [-0.15, -0.1) is 11.6 Å². The molecule has 0 aromatic heterocycles. The highest BCUT2D eigenvalue weighted by molar-refractivity contribution is 6.18. The lowest BCUT2D eigenvalue weighted by Crippen LogP contribution is -2.36. The van der Waals surface area contributed by atoms with Crippen LogP contribution in [0.25, 0.3) is 0 Å². The van der Waals surface area contributed by atoms with Crippen LogP contribution in [0, 0.1) is 0 Å². The third-order valence-electron chi connectivity index (χ3n) is 3.57. The van der Waals surface area contributed by atoms with E-state index >= 15 is 0 Å². The van der Waals surface area contributed by atoms with E-state index in [4.69, 9.17) is 16.3 Å². The lowest BCUT2D eigenvalue weighted by molar-refractivity contribution is 0.0744. The maximum atomic E-state index is 5.79. The van der Waals surface area contributed by atoms with Gasteiger partial charge >= 0.3 is 0 Å². The van der Waals surface area contributed by atoms with E-state index in [1.807, 2.05) is 0 Å². The maximum Gasteiger partial charge on any atom is 0.0702 e. The normalized spacial score (nSPS) is 29.4. The summed E-state index contributed by atoms with van der Waals surface area (Å²) in [6.45, 7) is 7.91. The van der Waals surface area contributed by atoms with E-state index in [2.05, 4.69) is 9.80 Å². The van der Waals surface area contributed by atoms with Crippen molar-refractivity contribution in [3.8, 4) is 0 Å². The molecule has 0 radical (unpaired) electrons. The van der Waals surface area contributed by atoms with Gasteiger partial charge in [0.05, 0.1) is 6.10 Å². The molecule has 2 aliphatic rings. The summed E-state index contributed by atoms with van der Waals surface area (Å²) in [4.78, 5) is 5.03. The zero-order valence-corrected chi connectivity index (χ0v) is 10.8. The molecule has 0 amide bonds. The van der Waals surface area contributed by atoms with E-state index in [1.165, 1.54) is 45.4 Å². The van der Waals surface area contributed by atoms with Gasteiger partial charge in [-0.2, -0.15) is 0 Å². The molecule has 4 heteroatoms. The summed E-state index contributed by atoms with van der Waals surface area (Å²) in [6.07, 6.45) is 4.27. The Morgan fingerprint density at radius 1 is 1.06 bits per heavy atom.